The highest BCUT2D eigenvalue weighted by Gasteiger charge is 2.22. The molecule has 1 N–H and O–H groups in total. The van der Waals surface area contributed by atoms with Gasteiger partial charge in [-0.25, -0.2) is 18.1 Å². The number of sulfonamides is 1. The SMILES string of the molecule is CCCCNS(=O)(=O)c1ccc2c(c1)nc(SCC(=O)N1CCc3ccccc3C1)n2CCCC. The zero-order chi connectivity index (χ0) is 24.8. The topological polar surface area (TPSA) is 84.3 Å². The summed E-state index contributed by atoms with van der Waals surface area (Å²) in [5.74, 6) is 0.406. The second-order valence-corrected chi connectivity index (χ2v) is 11.6. The molecule has 4 rings (SSSR count). The molecular formula is C26H34N4O3S2. The molecule has 0 saturated carbocycles. The third kappa shape index (κ3) is 6.08. The monoisotopic (exact) mass is 514 g/mol. The average molecular weight is 515 g/mol. The first kappa shape index (κ1) is 25.7. The molecule has 7 nitrogen and oxygen atoms in total. The van der Waals surface area contributed by atoms with Crippen LogP contribution in [0.15, 0.2) is 52.5 Å². The molecule has 1 aromatic heterocycles. The quantitative estimate of drug-likeness (QED) is 0.299. The van der Waals surface area contributed by atoms with E-state index in [-0.39, 0.29) is 10.8 Å². The maximum Gasteiger partial charge on any atom is 0.240 e. The second-order valence-electron chi connectivity index (χ2n) is 8.92. The number of aromatic nitrogens is 2. The van der Waals surface area contributed by atoms with Crippen LogP contribution in [0, 0.1) is 0 Å². The molecule has 0 saturated heterocycles. The molecule has 2 heterocycles. The molecule has 2 aromatic carbocycles. The fraction of sp³-hybridized carbons (Fsp3) is 0.462. The van der Waals surface area contributed by atoms with Crippen molar-refractivity contribution in [2.45, 2.75) is 69.1 Å². The fourth-order valence-electron chi connectivity index (χ4n) is 4.29. The molecule has 1 amide bonds. The number of rotatable bonds is 11. The van der Waals surface area contributed by atoms with E-state index in [9.17, 15) is 13.2 Å². The van der Waals surface area contributed by atoms with Crippen molar-refractivity contribution in [2.24, 2.45) is 0 Å². The minimum absolute atomic E-state index is 0.0991. The van der Waals surface area contributed by atoms with Crippen LogP contribution in [-0.4, -0.2) is 47.6 Å². The summed E-state index contributed by atoms with van der Waals surface area (Å²) in [6, 6.07) is 13.4. The molecule has 0 aliphatic carbocycles. The number of aryl methyl sites for hydroxylation is 1. The molecule has 0 radical (unpaired) electrons. The Morgan fingerprint density at radius 2 is 1.86 bits per heavy atom. The number of unbranched alkanes of at least 4 members (excludes halogenated alkanes) is 2. The summed E-state index contributed by atoms with van der Waals surface area (Å²) in [6.45, 7) is 6.74. The molecule has 35 heavy (non-hydrogen) atoms. The molecule has 0 fully saturated rings. The van der Waals surface area contributed by atoms with E-state index in [4.69, 9.17) is 4.98 Å². The first-order valence-corrected chi connectivity index (χ1v) is 14.9. The predicted molar refractivity (Wildman–Crippen MR) is 141 cm³/mol. The maximum absolute atomic E-state index is 13.0. The van der Waals surface area contributed by atoms with Gasteiger partial charge in [0.1, 0.15) is 0 Å². The third-order valence-corrected chi connectivity index (χ3v) is 8.78. The number of benzene rings is 2. The smallest absolute Gasteiger partial charge is 0.240 e. The third-order valence-electron chi connectivity index (χ3n) is 6.36. The van der Waals surface area contributed by atoms with Gasteiger partial charge in [-0.05, 0) is 48.6 Å². The van der Waals surface area contributed by atoms with Crippen molar-refractivity contribution in [1.82, 2.24) is 19.2 Å². The van der Waals surface area contributed by atoms with Crippen LogP contribution in [0.25, 0.3) is 11.0 Å². The number of hydrogen-bond acceptors (Lipinski definition) is 5. The largest absolute Gasteiger partial charge is 0.337 e. The lowest BCUT2D eigenvalue weighted by molar-refractivity contribution is -0.129. The zero-order valence-electron chi connectivity index (χ0n) is 20.5. The van der Waals surface area contributed by atoms with Crippen LogP contribution in [0.2, 0.25) is 0 Å². The van der Waals surface area contributed by atoms with Crippen molar-refractivity contribution in [1.29, 1.82) is 0 Å². The molecule has 1 aliphatic heterocycles. The van der Waals surface area contributed by atoms with Crippen molar-refractivity contribution in [3.8, 4) is 0 Å². The van der Waals surface area contributed by atoms with E-state index in [1.807, 2.05) is 30.0 Å². The Hall–Kier alpha value is -2.36. The van der Waals surface area contributed by atoms with Crippen LogP contribution in [0.3, 0.4) is 0 Å². The molecule has 3 aromatic rings. The molecule has 0 spiro atoms. The van der Waals surface area contributed by atoms with Crippen LogP contribution in [0.4, 0.5) is 0 Å². The van der Waals surface area contributed by atoms with Gasteiger partial charge in [-0.1, -0.05) is 62.7 Å². The Morgan fingerprint density at radius 1 is 1.09 bits per heavy atom. The van der Waals surface area contributed by atoms with Gasteiger partial charge >= 0.3 is 0 Å². The van der Waals surface area contributed by atoms with Crippen molar-refractivity contribution in [3.05, 3.63) is 53.6 Å². The van der Waals surface area contributed by atoms with Crippen molar-refractivity contribution >= 4 is 38.7 Å². The molecule has 0 bridgehead atoms. The first-order chi connectivity index (χ1) is 16.9. The average Bonchev–Trinajstić information content (AvgIpc) is 3.22. The molecule has 0 atom stereocenters. The summed E-state index contributed by atoms with van der Waals surface area (Å²) in [5, 5.41) is 0.757. The van der Waals surface area contributed by atoms with Crippen LogP contribution in [0.1, 0.15) is 50.7 Å². The first-order valence-electron chi connectivity index (χ1n) is 12.4. The number of amides is 1. The normalized spacial score (nSPS) is 13.8. The summed E-state index contributed by atoms with van der Waals surface area (Å²) >= 11 is 1.43. The Labute approximate surface area is 212 Å². The van der Waals surface area contributed by atoms with Gasteiger partial charge in [0.2, 0.25) is 15.9 Å². The second kappa shape index (κ2) is 11.6. The number of carbonyl (C=O) groups excluding carboxylic acids is 1. The molecule has 9 heteroatoms. The molecular weight excluding hydrogens is 480 g/mol. The number of nitrogens with one attached hydrogen (secondary N) is 1. The van der Waals surface area contributed by atoms with Gasteiger partial charge < -0.3 is 9.47 Å². The van der Waals surface area contributed by atoms with E-state index in [1.54, 1.807) is 12.1 Å². The lowest BCUT2D eigenvalue weighted by atomic mass is 10.00. The number of hydrogen-bond donors (Lipinski definition) is 1. The van der Waals surface area contributed by atoms with Gasteiger partial charge in [-0.3, -0.25) is 4.79 Å². The minimum Gasteiger partial charge on any atom is -0.337 e. The van der Waals surface area contributed by atoms with Gasteiger partial charge in [0, 0.05) is 26.2 Å². The number of imidazole rings is 1. The van der Waals surface area contributed by atoms with Gasteiger partial charge in [0.25, 0.3) is 0 Å². The fourth-order valence-corrected chi connectivity index (χ4v) is 6.33. The van der Waals surface area contributed by atoms with Crippen molar-refractivity contribution in [3.63, 3.8) is 0 Å². The van der Waals surface area contributed by atoms with Gasteiger partial charge in [0.15, 0.2) is 5.16 Å². The Morgan fingerprint density at radius 3 is 2.63 bits per heavy atom. The van der Waals surface area contributed by atoms with E-state index < -0.39 is 10.0 Å². The lowest BCUT2D eigenvalue weighted by Crippen LogP contribution is -2.37. The van der Waals surface area contributed by atoms with Crippen LogP contribution >= 0.6 is 11.8 Å². The van der Waals surface area contributed by atoms with E-state index in [0.29, 0.717) is 24.4 Å². The van der Waals surface area contributed by atoms with Gasteiger partial charge in [-0.15, -0.1) is 0 Å². The van der Waals surface area contributed by atoms with E-state index in [1.165, 1.54) is 22.9 Å². The summed E-state index contributed by atoms with van der Waals surface area (Å²) < 4.78 is 30.2. The number of fused-ring (bicyclic) bond motifs is 2. The van der Waals surface area contributed by atoms with Crippen LogP contribution in [-0.2, 0) is 34.3 Å². The standard InChI is InChI=1S/C26H34N4O3S2/c1-3-5-14-27-35(32,33)22-11-12-24-23(17-22)28-26(30(24)15-6-4-2)34-19-25(31)29-16-13-20-9-7-8-10-21(20)18-29/h7-12,17,27H,3-6,13-16,18-19H2,1-2H3. The lowest BCUT2D eigenvalue weighted by Gasteiger charge is -2.28. The Balaban J connectivity index is 1.51. The number of carbonyl (C=O) groups is 1. The Bertz CT molecular complexity index is 1290. The predicted octanol–water partition coefficient (Wildman–Crippen LogP) is 4.59. The van der Waals surface area contributed by atoms with Crippen molar-refractivity contribution < 1.29 is 13.2 Å². The molecule has 188 valence electrons. The number of nitrogens with zero attached hydrogens (tertiary/aromatic N) is 3. The van der Waals surface area contributed by atoms with Gasteiger partial charge in [0.05, 0.1) is 21.7 Å². The number of thioether (sulfide) groups is 1. The van der Waals surface area contributed by atoms with Crippen molar-refractivity contribution in [2.75, 3.05) is 18.8 Å². The van der Waals surface area contributed by atoms with E-state index >= 15 is 0 Å². The summed E-state index contributed by atoms with van der Waals surface area (Å²) in [5.41, 5.74) is 4.07. The summed E-state index contributed by atoms with van der Waals surface area (Å²) in [7, 11) is -3.58. The highest BCUT2D eigenvalue weighted by atomic mass is 32.2. The van der Waals surface area contributed by atoms with E-state index in [0.717, 1.165) is 55.9 Å². The van der Waals surface area contributed by atoms with Crippen LogP contribution in [0.5, 0.6) is 0 Å². The highest BCUT2D eigenvalue weighted by molar-refractivity contribution is 7.99. The maximum atomic E-state index is 13.0. The summed E-state index contributed by atoms with van der Waals surface area (Å²) in [6.07, 6.45) is 4.61. The molecule has 0 unspecified atom stereocenters. The van der Waals surface area contributed by atoms with Gasteiger partial charge in [-0.2, -0.15) is 0 Å². The summed E-state index contributed by atoms with van der Waals surface area (Å²) in [4.78, 5) is 19.9. The molecule has 1 aliphatic rings. The van der Waals surface area contributed by atoms with E-state index in [2.05, 4.69) is 28.3 Å². The van der Waals surface area contributed by atoms with Crippen LogP contribution < -0.4 is 4.72 Å². The zero-order valence-corrected chi connectivity index (χ0v) is 22.1. The Kier molecular flexibility index (Phi) is 8.51. The minimum atomic E-state index is -3.58. The highest BCUT2D eigenvalue weighted by Crippen LogP contribution is 2.28.